The number of hydrogen-bond acceptors (Lipinski definition) is 4. The quantitative estimate of drug-likeness (QED) is 0.345. The number of fused-ring (bicyclic) bond motifs is 1. The van der Waals surface area contributed by atoms with Crippen LogP contribution in [0, 0.1) is 13.8 Å². The fourth-order valence-electron chi connectivity index (χ4n) is 4.33. The molecule has 0 bridgehead atoms. The molecule has 2 heterocycles. The molecule has 2 amide bonds. The Balaban J connectivity index is 1.53. The highest BCUT2D eigenvalue weighted by Crippen LogP contribution is 2.38. The first-order chi connectivity index (χ1) is 17.4. The first kappa shape index (κ1) is 23.1. The molecular weight excluding hydrogens is 450 g/mol. The summed E-state index contributed by atoms with van der Waals surface area (Å²) in [5.41, 5.74) is 6.11. The predicted octanol–water partition coefficient (Wildman–Crippen LogP) is 5.68. The maximum absolute atomic E-state index is 13.5. The molecule has 1 unspecified atom stereocenters. The van der Waals surface area contributed by atoms with Gasteiger partial charge in [-0.05, 0) is 50.6 Å². The lowest BCUT2D eigenvalue weighted by atomic mass is 9.94. The van der Waals surface area contributed by atoms with E-state index in [-0.39, 0.29) is 11.8 Å². The number of benzene rings is 3. The van der Waals surface area contributed by atoms with E-state index in [0.717, 1.165) is 16.7 Å². The van der Waals surface area contributed by atoms with Crippen molar-refractivity contribution >= 4 is 29.0 Å². The Morgan fingerprint density at radius 1 is 0.778 bits per heavy atom. The number of carbonyl (C=O) groups excluding carboxylic acids is 2. The number of allylic oxidation sites excluding steroid dienone is 1. The highest BCUT2D eigenvalue weighted by Gasteiger charge is 2.35. The first-order valence-corrected chi connectivity index (χ1v) is 11.8. The van der Waals surface area contributed by atoms with Gasteiger partial charge in [-0.25, -0.2) is 4.68 Å². The second-order valence-electron chi connectivity index (χ2n) is 8.97. The molecule has 1 aliphatic rings. The average Bonchev–Trinajstić information content (AvgIpc) is 3.29. The van der Waals surface area contributed by atoms with Gasteiger partial charge in [-0.2, -0.15) is 5.10 Å². The Kier molecular flexibility index (Phi) is 6.12. The zero-order valence-electron chi connectivity index (χ0n) is 20.4. The SMILES string of the molecule is CC1=C(C(=O)Nc2ccccc2)C(c2ccc(C)cc2)n2ncc(C(=O)Nc3ccc(C)cc3)c2N1. The zero-order valence-corrected chi connectivity index (χ0v) is 20.4. The summed E-state index contributed by atoms with van der Waals surface area (Å²) in [6, 6.07) is 24.4. The highest BCUT2D eigenvalue weighted by molar-refractivity contribution is 6.09. The molecule has 1 aliphatic heterocycles. The van der Waals surface area contributed by atoms with Gasteiger partial charge in [-0.15, -0.1) is 0 Å². The topological polar surface area (TPSA) is 88.0 Å². The summed E-state index contributed by atoms with van der Waals surface area (Å²) in [5.74, 6) is 0.0303. The van der Waals surface area contributed by atoms with Crippen molar-refractivity contribution in [3.05, 3.63) is 119 Å². The molecule has 5 rings (SSSR count). The van der Waals surface area contributed by atoms with Gasteiger partial charge in [0.1, 0.15) is 17.4 Å². The van der Waals surface area contributed by atoms with Crippen molar-refractivity contribution in [1.29, 1.82) is 0 Å². The average molecular weight is 478 g/mol. The molecular formula is C29H27N5O2. The van der Waals surface area contributed by atoms with Crippen molar-refractivity contribution in [2.24, 2.45) is 0 Å². The molecule has 0 radical (unpaired) electrons. The summed E-state index contributed by atoms with van der Waals surface area (Å²) in [4.78, 5) is 26.7. The Bertz CT molecular complexity index is 1450. The summed E-state index contributed by atoms with van der Waals surface area (Å²) in [6.45, 7) is 5.86. The maximum Gasteiger partial charge on any atom is 0.261 e. The monoisotopic (exact) mass is 477 g/mol. The third kappa shape index (κ3) is 4.51. The van der Waals surface area contributed by atoms with Crippen LogP contribution >= 0.6 is 0 Å². The van der Waals surface area contributed by atoms with Crippen molar-refractivity contribution in [2.45, 2.75) is 26.8 Å². The Labute approximate surface area is 209 Å². The minimum Gasteiger partial charge on any atom is -0.343 e. The number of nitrogens with one attached hydrogen (secondary N) is 3. The van der Waals surface area contributed by atoms with Gasteiger partial charge in [-0.3, -0.25) is 9.59 Å². The largest absolute Gasteiger partial charge is 0.343 e. The summed E-state index contributed by atoms with van der Waals surface area (Å²) in [5, 5.41) is 13.8. The van der Waals surface area contributed by atoms with Gasteiger partial charge < -0.3 is 16.0 Å². The molecule has 1 atom stereocenters. The molecule has 0 saturated heterocycles. The Hall–Kier alpha value is -4.65. The van der Waals surface area contributed by atoms with E-state index < -0.39 is 6.04 Å². The molecule has 1 aromatic heterocycles. The van der Waals surface area contributed by atoms with Gasteiger partial charge in [0.2, 0.25) is 0 Å². The van der Waals surface area contributed by atoms with Gasteiger partial charge in [-0.1, -0.05) is 65.7 Å². The minimum absolute atomic E-state index is 0.233. The molecule has 3 N–H and O–H groups in total. The smallest absolute Gasteiger partial charge is 0.261 e. The molecule has 7 nitrogen and oxygen atoms in total. The van der Waals surface area contributed by atoms with Crippen LogP contribution in [0.5, 0.6) is 0 Å². The van der Waals surface area contributed by atoms with Gasteiger partial charge in [0.05, 0.1) is 11.8 Å². The van der Waals surface area contributed by atoms with Crippen molar-refractivity contribution in [3.8, 4) is 0 Å². The van der Waals surface area contributed by atoms with Crippen molar-refractivity contribution in [3.63, 3.8) is 0 Å². The van der Waals surface area contributed by atoms with Crippen LogP contribution in [-0.2, 0) is 4.79 Å². The fourth-order valence-corrected chi connectivity index (χ4v) is 4.33. The van der Waals surface area contributed by atoms with Crippen LogP contribution in [0.1, 0.15) is 40.0 Å². The van der Waals surface area contributed by atoms with E-state index in [1.807, 2.05) is 99.6 Å². The van der Waals surface area contributed by atoms with E-state index in [1.165, 1.54) is 0 Å². The number of anilines is 3. The summed E-state index contributed by atoms with van der Waals surface area (Å²) >= 11 is 0. The molecule has 36 heavy (non-hydrogen) atoms. The number of rotatable bonds is 5. The van der Waals surface area contributed by atoms with Crippen LogP contribution in [0.25, 0.3) is 0 Å². The van der Waals surface area contributed by atoms with Gasteiger partial charge in [0.15, 0.2) is 0 Å². The lowest BCUT2D eigenvalue weighted by molar-refractivity contribution is -0.113. The molecule has 0 fully saturated rings. The number of amides is 2. The normalized spacial score (nSPS) is 14.6. The lowest BCUT2D eigenvalue weighted by Crippen LogP contribution is -2.32. The van der Waals surface area contributed by atoms with Crippen molar-refractivity contribution in [1.82, 2.24) is 9.78 Å². The highest BCUT2D eigenvalue weighted by atomic mass is 16.2. The molecule has 180 valence electrons. The number of nitrogens with zero attached hydrogens (tertiary/aromatic N) is 2. The summed E-state index contributed by atoms with van der Waals surface area (Å²) in [6.07, 6.45) is 1.54. The molecule has 3 aromatic carbocycles. The number of hydrogen-bond donors (Lipinski definition) is 3. The molecule has 0 saturated carbocycles. The number of carbonyl (C=O) groups is 2. The minimum atomic E-state index is -0.508. The van der Waals surface area contributed by atoms with Crippen LogP contribution in [0.15, 0.2) is 96.3 Å². The van der Waals surface area contributed by atoms with Crippen LogP contribution in [0.3, 0.4) is 0 Å². The zero-order chi connectivity index (χ0) is 25.2. The predicted molar refractivity (Wildman–Crippen MR) is 142 cm³/mol. The van der Waals surface area contributed by atoms with E-state index >= 15 is 0 Å². The lowest BCUT2D eigenvalue weighted by Gasteiger charge is -2.30. The molecule has 0 aliphatic carbocycles. The van der Waals surface area contributed by atoms with Gasteiger partial charge >= 0.3 is 0 Å². The maximum atomic E-state index is 13.5. The van der Waals surface area contributed by atoms with E-state index in [4.69, 9.17) is 0 Å². The molecule has 0 spiro atoms. The second kappa shape index (κ2) is 9.54. The molecule has 4 aromatic rings. The second-order valence-corrected chi connectivity index (χ2v) is 8.97. The van der Waals surface area contributed by atoms with Crippen LogP contribution in [-0.4, -0.2) is 21.6 Å². The molecule has 7 heteroatoms. The number of para-hydroxylation sites is 1. The standard InChI is InChI=1S/C29H27N5O2/c1-18-9-13-21(14-10-18)26-25(29(36)33-22-7-5-4-6-8-22)20(3)31-27-24(17-30-34(26)27)28(35)32-23-15-11-19(2)12-16-23/h4-17,26,31H,1-3H3,(H,32,35)(H,33,36). The van der Waals surface area contributed by atoms with Gasteiger partial charge in [0, 0.05) is 17.1 Å². The van der Waals surface area contributed by atoms with Crippen LogP contribution < -0.4 is 16.0 Å². The van der Waals surface area contributed by atoms with Crippen molar-refractivity contribution in [2.75, 3.05) is 16.0 Å². The van der Waals surface area contributed by atoms with Crippen LogP contribution in [0.4, 0.5) is 17.2 Å². The first-order valence-electron chi connectivity index (χ1n) is 11.8. The van der Waals surface area contributed by atoms with E-state index in [0.29, 0.717) is 34.0 Å². The van der Waals surface area contributed by atoms with Crippen LogP contribution in [0.2, 0.25) is 0 Å². The van der Waals surface area contributed by atoms with E-state index in [2.05, 4.69) is 21.0 Å². The van der Waals surface area contributed by atoms with Crippen molar-refractivity contribution < 1.29 is 9.59 Å². The third-order valence-electron chi connectivity index (χ3n) is 6.25. The summed E-state index contributed by atoms with van der Waals surface area (Å²) < 4.78 is 1.71. The Morgan fingerprint density at radius 2 is 1.36 bits per heavy atom. The van der Waals surface area contributed by atoms with Gasteiger partial charge in [0.25, 0.3) is 11.8 Å². The van der Waals surface area contributed by atoms with E-state index in [9.17, 15) is 9.59 Å². The summed E-state index contributed by atoms with van der Waals surface area (Å²) in [7, 11) is 0. The number of aromatic nitrogens is 2. The Morgan fingerprint density at radius 3 is 2.03 bits per heavy atom. The number of aryl methyl sites for hydroxylation is 2. The fraction of sp³-hybridized carbons (Fsp3) is 0.138. The van der Waals surface area contributed by atoms with E-state index in [1.54, 1.807) is 10.9 Å². The third-order valence-corrected chi connectivity index (χ3v) is 6.25.